The van der Waals surface area contributed by atoms with E-state index < -0.39 is 10.0 Å². The van der Waals surface area contributed by atoms with Crippen molar-refractivity contribution in [3.05, 3.63) is 64.1 Å². The lowest BCUT2D eigenvalue weighted by molar-refractivity contribution is -0.121. The van der Waals surface area contributed by atoms with Crippen LogP contribution in [0.25, 0.3) is 0 Å². The first kappa shape index (κ1) is 22.9. The number of sulfonamides is 1. The number of likely N-dealkylation sites (tertiary alicyclic amines) is 1. The second-order valence-corrected chi connectivity index (χ2v) is 10.6. The van der Waals surface area contributed by atoms with Crippen LogP contribution in [0.1, 0.15) is 30.4 Å². The molecule has 0 atom stereocenters. The third-order valence-corrected chi connectivity index (χ3v) is 7.67. The summed E-state index contributed by atoms with van der Waals surface area (Å²) in [4.78, 5) is 15.0. The number of hydrogen-bond donors (Lipinski definition) is 1. The number of hydrogen-bond acceptors (Lipinski definition) is 4. The van der Waals surface area contributed by atoms with E-state index in [9.17, 15) is 13.2 Å². The summed E-state index contributed by atoms with van der Waals surface area (Å²) >= 11 is 3.29. The molecule has 0 radical (unpaired) electrons. The van der Waals surface area contributed by atoms with E-state index in [1.54, 1.807) is 12.1 Å². The van der Waals surface area contributed by atoms with E-state index in [2.05, 4.69) is 32.2 Å². The number of halogens is 1. The molecule has 30 heavy (non-hydrogen) atoms. The van der Waals surface area contributed by atoms with Gasteiger partial charge < -0.3 is 5.32 Å². The molecule has 2 aromatic rings. The van der Waals surface area contributed by atoms with Crippen LogP contribution in [0.4, 0.5) is 0 Å². The Hall–Kier alpha value is -1.74. The highest BCUT2D eigenvalue weighted by atomic mass is 79.9. The normalized spacial score (nSPS) is 15.3. The van der Waals surface area contributed by atoms with Gasteiger partial charge in [-0.05, 0) is 61.3 Å². The number of nitrogens with one attached hydrogen (secondary N) is 1. The van der Waals surface area contributed by atoms with Gasteiger partial charge in [-0.3, -0.25) is 9.69 Å². The summed E-state index contributed by atoms with van der Waals surface area (Å²) in [5.74, 6) is -0.328. The highest BCUT2D eigenvalue weighted by Crippen LogP contribution is 2.18. The molecule has 1 N–H and O–H groups in total. The van der Waals surface area contributed by atoms with E-state index in [4.69, 9.17) is 0 Å². The maximum atomic E-state index is 12.7. The molecule has 0 bridgehead atoms. The van der Waals surface area contributed by atoms with Crippen LogP contribution < -0.4 is 5.32 Å². The van der Waals surface area contributed by atoms with Crippen LogP contribution in [0, 0.1) is 0 Å². The third-order valence-electron chi connectivity index (χ3n) is 5.33. The molecule has 0 unspecified atom stereocenters. The fourth-order valence-electron chi connectivity index (χ4n) is 3.57. The van der Waals surface area contributed by atoms with Crippen molar-refractivity contribution in [2.24, 2.45) is 0 Å². The number of carbonyl (C=O) groups excluding carboxylic acids is 1. The molecular formula is C22H28BrN3O3S. The largest absolute Gasteiger partial charge is 0.351 e. The molecule has 0 saturated carbocycles. The van der Waals surface area contributed by atoms with E-state index in [0.717, 1.165) is 34.0 Å². The van der Waals surface area contributed by atoms with E-state index in [1.165, 1.54) is 44.0 Å². The predicted octanol–water partition coefficient (Wildman–Crippen LogP) is 3.37. The van der Waals surface area contributed by atoms with Gasteiger partial charge in [0.1, 0.15) is 0 Å². The van der Waals surface area contributed by atoms with Crippen molar-refractivity contribution in [1.29, 1.82) is 0 Å². The Kier molecular flexibility index (Phi) is 8.05. The van der Waals surface area contributed by atoms with Gasteiger partial charge in [-0.2, -0.15) is 4.31 Å². The van der Waals surface area contributed by atoms with Crippen LogP contribution in [0.15, 0.2) is 57.9 Å². The molecule has 1 aliphatic heterocycles. The maximum absolute atomic E-state index is 12.7. The summed E-state index contributed by atoms with van der Waals surface area (Å²) in [6.07, 6.45) is 3.76. The number of nitrogens with zero attached hydrogens (tertiary/aromatic N) is 2. The molecule has 0 aliphatic carbocycles. The lowest BCUT2D eigenvalue weighted by Gasteiger charge is -2.27. The van der Waals surface area contributed by atoms with Gasteiger partial charge in [-0.15, -0.1) is 0 Å². The summed E-state index contributed by atoms with van der Waals surface area (Å²) < 4.78 is 27.2. The minimum Gasteiger partial charge on any atom is -0.351 e. The van der Waals surface area contributed by atoms with Crippen molar-refractivity contribution < 1.29 is 13.2 Å². The molecular weight excluding hydrogens is 466 g/mol. The average Bonchev–Trinajstić information content (AvgIpc) is 2.74. The molecule has 162 valence electrons. The first-order chi connectivity index (χ1) is 14.4. The van der Waals surface area contributed by atoms with Crippen LogP contribution in [-0.4, -0.2) is 50.2 Å². The molecule has 1 amide bonds. The fourth-order valence-corrected chi connectivity index (χ4v) is 4.96. The van der Waals surface area contributed by atoms with Gasteiger partial charge in [0.05, 0.1) is 11.4 Å². The zero-order valence-electron chi connectivity index (χ0n) is 17.2. The highest BCUT2D eigenvalue weighted by Gasteiger charge is 2.23. The van der Waals surface area contributed by atoms with E-state index >= 15 is 0 Å². The summed E-state index contributed by atoms with van der Waals surface area (Å²) in [6, 6.07) is 14.5. The van der Waals surface area contributed by atoms with Gasteiger partial charge in [0.2, 0.25) is 15.9 Å². The third kappa shape index (κ3) is 6.14. The first-order valence-corrected chi connectivity index (χ1v) is 12.4. The predicted molar refractivity (Wildman–Crippen MR) is 121 cm³/mol. The summed E-state index contributed by atoms with van der Waals surface area (Å²) in [6.45, 7) is 3.25. The molecule has 0 aromatic heterocycles. The molecule has 1 heterocycles. The van der Waals surface area contributed by atoms with Crippen LogP contribution in [0.3, 0.4) is 0 Å². The monoisotopic (exact) mass is 493 g/mol. The van der Waals surface area contributed by atoms with E-state index in [-0.39, 0.29) is 17.3 Å². The van der Waals surface area contributed by atoms with E-state index in [1.807, 2.05) is 18.2 Å². The zero-order valence-corrected chi connectivity index (χ0v) is 19.6. The lowest BCUT2D eigenvalue weighted by atomic mass is 10.0. The average molecular weight is 494 g/mol. The van der Waals surface area contributed by atoms with Crippen molar-refractivity contribution in [2.45, 2.75) is 37.2 Å². The van der Waals surface area contributed by atoms with Crippen molar-refractivity contribution in [2.75, 3.05) is 26.7 Å². The minimum atomic E-state index is -3.72. The second kappa shape index (κ2) is 10.5. The Bertz CT molecular complexity index is 958. The number of carbonyl (C=O) groups is 1. The number of likely N-dealkylation sites (N-methyl/N-ethyl adjacent to an activating group) is 1. The van der Waals surface area contributed by atoms with Crippen LogP contribution >= 0.6 is 15.9 Å². The highest BCUT2D eigenvalue weighted by molar-refractivity contribution is 9.10. The smallest absolute Gasteiger partial charge is 0.243 e. The number of piperidine rings is 1. The Morgan fingerprint density at radius 3 is 2.33 bits per heavy atom. The quantitative estimate of drug-likeness (QED) is 0.611. The second-order valence-electron chi connectivity index (χ2n) is 7.60. The molecule has 8 heteroatoms. The summed E-state index contributed by atoms with van der Waals surface area (Å²) in [5, 5.41) is 2.87. The Labute approximate surface area is 187 Å². The van der Waals surface area contributed by atoms with Gasteiger partial charge in [-0.25, -0.2) is 8.42 Å². The molecule has 1 fully saturated rings. The standard InChI is InChI=1S/C22H28BrN3O3S/c1-25(30(28,29)21-11-9-20(23)10-12-21)17-22(27)24-15-18-7-3-4-8-19(18)16-26-13-5-2-6-14-26/h3-4,7-12H,2,5-6,13-17H2,1H3,(H,24,27). The number of rotatable bonds is 8. The fraction of sp³-hybridized carbons (Fsp3) is 0.409. The first-order valence-electron chi connectivity index (χ1n) is 10.1. The van der Waals surface area contributed by atoms with Gasteiger partial charge in [0, 0.05) is 24.6 Å². The van der Waals surface area contributed by atoms with Crippen molar-refractivity contribution in [1.82, 2.24) is 14.5 Å². The molecule has 6 nitrogen and oxygen atoms in total. The SMILES string of the molecule is CN(CC(=O)NCc1ccccc1CN1CCCCC1)S(=O)(=O)c1ccc(Br)cc1. The molecule has 2 aromatic carbocycles. The molecule has 3 rings (SSSR count). The van der Waals surface area contributed by atoms with Crippen LogP contribution in [-0.2, 0) is 27.9 Å². The van der Waals surface area contributed by atoms with Crippen molar-refractivity contribution >= 4 is 31.9 Å². The molecule has 0 spiro atoms. The Morgan fingerprint density at radius 2 is 1.67 bits per heavy atom. The van der Waals surface area contributed by atoms with E-state index in [0.29, 0.717) is 6.54 Å². The summed E-state index contributed by atoms with van der Waals surface area (Å²) in [7, 11) is -2.30. The minimum absolute atomic E-state index is 0.160. The Morgan fingerprint density at radius 1 is 1.03 bits per heavy atom. The van der Waals surface area contributed by atoms with Gasteiger partial charge in [0.15, 0.2) is 0 Å². The van der Waals surface area contributed by atoms with Crippen LogP contribution in [0.2, 0.25) is 0 Å². The lowest BCUT2D eigenvalue weighted by Crippen LogP contribution is -2.38. The number of benzene rings is 2. The van der Waals surface area contributed by atoms with Gasteiger partial charge >= 0.3 is 0 Å². The van der Waals surface area contributed by atoms with Gasteiger partial charge in [-0.1, -0.05) is 46.6 Å². The zero-order chi connectivity index (χ0) is 21.6. The topological polar surface area (TPSA) is 69.7 Å². The molecule has 1 aliphatic rings. The van der Waals surface area contributed by atoms with Crippen molar-refractivity contribution in [3.63, 3.8) is 0 Å². The number of amides is 1. The molecule has 1 saturated heterocycles. The Balaban J connectivity index is 1.57. The van der Waals surface area contributed by atoms with Crippen LogP contribution in [0.5, 0.6) is 0 Å². The van der Waals surface area contributed by atoms with Gasteiger partial charge in [0.25, 0.3) is 0 Å². The maximum Gasteiger partial charge on any atom is 0.243 e. The summed E-state index contributed by atoms with van der Waals surface area (Å²) in [5.41, 5.74) is 2.27. The van der Waals surface area contributed by atoms with Crippen molar-refractivity contribution in [3.8, 4) is 0 Å².